The molecule has 0 aromatic rings. The monoisotopic (exact) mass is 222 g/mol. The molecule has 2 nitrogen and oxygen atoms in total. The lowest BCUT2D eigenvalue weighted by molar-refractivity contribution is 0.296. The van der Waals surface area contributed by atoms with Crippen LogP contribution in [0.4, 0.5) is 0 Å². The summed E-state index contributed by atoms with van der Waals surface area (Å²) in [5.74, 6) is 3.32. The normalized spacial score (nSPS) is 33.2. The molecule has 0 aliphatic heterocycles. The third-order valence-electron chi connectivity index (χ3n) is 4.44. The number of hydrogen-bond acceptors (Lipinski definition) is 1. The van der Waals surface area contributed by atoms with Gasteiger partial charge in [0.25, 0.3) is 0 Å². The van der Waals surface area contributed by atoms with Gasteiger partial charge in [-0.15, -0.1) is 0 Å². The van der Waals surface area contributed by atoms with Crippen molar-refractivity contribution >= 4 is 5.84 Å². The van der Waals surface area contributed by atoms with Crippen LogP contribution >= 0.6 is 0 Å². The van der Waals surface area contributed by atoms with E-state index in [0.717, 1.165) is 24.2 Å². The number of nitrogens with zero attached hydrogens (tertiary/aromatic N) is 1. The first-order valence-electron chi connectivity index (χ1n) is 7.05. The summed E-state index contributed by atoms with van der Waals surface area (Å²) in [7, 11) is 0. The van der Waals surface area contributed by atoms with Crippen molar-refractivity contribution in [3.05, 3.63) is 0 Å². The van der Waals surface area contributed by atoms with Crippen LogP contribution < -0.4 is 5.73 Å². The molecule has 2 rings (SSSR count). The predicted molar refractivity (Wildman–Crippen MR) is 69.6 cm³/mol. The van der Waals surface area contributed by atoms with E-state index in [4.69, 9.17) is 5.73 Å². The Balaban J connectivity index is 1.74. The Morgan fingerprint density at radius 1 is 1.06 bits per heavy atom. The second-order valence-corrected chi connectivity index (χ2v) is 5.87. The molecule has 2 fully saturated rings. The Labute approximate surface area is 99.7 Å². The highest BCUT2D eigenvalue weighted by Crippen LogP contribution is 2.29. The van der Waals surface area contributed by atoms with Gasteiger partial charge in [0, 0.05) is 12.5 Å². The molecule has 2 heteroatoms. The van der Waals surface area contributed by atoms with Crippen LogP contribution in [0.1, 0.15) is 58.3 Å². The largest absolute Gasteiger partial charge is 0.387 e. The van der Waals surface area contributed by atoms with Crippen LogP contribution in [0.25, 0.3) is 0 Å². The minimum absolute atomic E-state index is 0.613. The Kier molecular flexibility index (Phi) is 4.25. The van der Waals surface area contributed by atoms with Gasteiger partial charge in [-0.25, -0.2) is 0 Å². The van der Waals surface area contributed by atoms with Crippen molar-refractivity contribution in [3.8, 4) is 0 Å². The summed E-state index contributed by atoms with van der Waals surface area (Å²) in [6, 6.07) is 0. The van der Waals surface area contributed by atoms with Gasteiger partial charge in [0.2, 0.25) is 0 Å². The molecule has 0 saturated heterocycles. The van der Waals surface area contributed by atoms with Crippen molar-refractivity contribution in [1.29, 1.82) is 0 Å². The van der Waals surface area contributed by atoms with Crippen molar-refractivity contribution in [3.63, 3.8) is 0 Å². The molecular weight excluding hydrogens is 196 g/mol. The van der Waals surface area contributed by atoms with Crippen LogP contribution in [0.5, 0.6) is 0 Å². The second-order valence-electron chi connectivity index (χ2n) is 5.87. The van der Waals surface area contributed by atoms with Gasteiger partial charge in [-0.3, -0.25) is 4.99 Å². The van der Waals surface area contributed by atoms with E-state index in [1.54, 1.807) is 0 Å². The van der Waals surface area contributed by atoms with Gasteiger partial charge < -0.3 is 5.73 Å². The molecule has 0 amide bonds. The molecule has 0 aromatic carbocycles. The van der Waals surface area contributed by atoms with E-state index in [1.807, 2.05) is 0 Å². The van der Waals surface area contributed by atoms with Gasteiger partial charge in [-0.05, 0) is 37.5 Å². The second kappa shape index (κ2) is 5.70. The van der Waals surface area contributed by atoms with Crippen molar-refractivity contribution in [2.24, 2.45) is 28.5 Å². The molecule has 2 N–H and O–H groups in total. The Bertz CT molecular complexity index is 233. The van der Waals surface area contributed by atoms with Gasteiger partial charge in [0.1, 0.15) is 0 Å². The SMILES string of the molecule is CC1CCC(CN=C(N)C2CCCC2)CC1. The minimum Gasteiger partial charge on any atom is -0.387 e. The Hall–Kier alpha value is -0.530. The number of rotatable bonds is 3. The van der Waals surface area contributed by atoms with Crippen LogP contribution in [0.3, 0.4) is 0 Å². The highest BCUT2D eigenvalue weighted by molar-refractivity contribution is 5.83. The standard InChI is InChI=1S/C14H26N2/c1-11-6-8-12(9-7-11)10-16-14(15)13-4-2-3-5-13/h11-13H,2-10H2,1H3,(H2,15,16). The molecule has 0 radical (unpaired) electrons. The lowest BCUT2D eigenvalue weighted by atomic mass is 9.83. The van der Waals surface area contributed by atoms with Crippen LogP contribution in [0.2, 0.25) is 0 Å². The van der Waals surface area contributed by atoms with E-state index in [1.165, 1.54) is 51.4 Å². The summed E-state index contributed by atoms with van der Waals surface area (Å²) < 4.78 is 0. The van der Waals surface area contributed by atoms with E-state index in [2.05, 4.69) is 11.9 Å². The zero-order chi connectivity index (χ0) is 11.4. The highest BCUT2D eigenvalue weighted by Gasteiger charge is 2.20. The summed E-state index contributed by atoms with van der Waals surface area (Å²) in [4.78, 5) is 4.65. The first-order chi connectivity index (χ1) is 7.75. The van der Waals surface area contributed by atoms with Crippen LogP contribution in [-0.4, -0.2) is 12.4 Å². The third-order valence-corrected chi connectivity index (χ3v) is 4.44. The van der Waals surface area contributed by atoms with Crippen LogP contribution in [0.15, 0.2) is 4.99 Å². The van der Waals surface area contributed by atoms with Crippen molar-refractivity contribution < 1.29 is 0 Å². The molecular formula is C14H26N2. The molecule has 2 aliphatic rings. The zero-order valence-electron chi connectivity index (χ0n) is 10.6. The molecule has 0 bridgehead atoms. The lowest BCUT2D eigenvalue weighted by Gasteiger charge is -2.25. The summed E-state index contributed by atoms with van der Waals surface area (Å²) >= 11 is 0. The average Bonchev–Trinajstić information content (AvgIpc) is 2.81. The molecule has 2 aliphatic carbocycles. The summed E-state index contributed by atoms with van der Waals surface area (Å²) in [6.45, 7) is 3.36. The van der Waals surface area contributed by atoms with Gasteiger partial charge >= 0.3 is 0 Å². The van der Waals surface area contributed by atoms with E-state index in [0.29, 0.717) is 5.92 Å². The smallest absolute Gasteiger partial charge is 0.0968 e. The third kappa shape index (κ3) is 3.23. The number of hydrogen-bond donors (Lipinski definition) is 1. The fraction of sp³-hybridized carbons (Fsp3) is 0.929. The minimum atomic E-state index is 0.613. The van der Waals surface area contributed by atoms with E-state index >= 15 is 0 Å². The molecule has 92 valence electrons. The first-order valence-corrected chi connectivity index (χ1v) is 7.05. The van der Waals surface area contributed by atoms with E-state index in [9.17, 15) is 0 Å². The summed E-state index contributed by atoms with van der Waals surface area (Å²) in [6.07, 6.45) is 10.8. The molecule has 2 saturated carbocycles. The van der Waals surface area contributed by atoms with Crippen molar-refractivity contribution in [2.75, 3.05) is 6.54 Å². The molecule has 0 aromatic heterocycles. The average molecular weight is 222 g/mol. The molecule has 16 heavy (non-hydrogen) atoms. The maximum Gasteiger partial charge on any atom is 0.0968 e. The topological polar surface area (TPSA) is 38.4 Å². The van der Waals surface area contributed by atoms with Crippen molar-refractivity contribution in [2.45, 2.75) is 58.3 Å². The van der Waals surface area contributed by atoms with Gasteiger partial charge in [-0.1, -0.05) is 32.6 Å². The van der Waals surface area contributed by atoms with Crippen LogP contribution in [-0.2, 0) is 0 Å². The van der Waals surface area contributed by atoms with E-state index in [-0.39, 0.29) is 0 Å². The molecule has 0 spiro atoms. The summed E-state index contributed by atoms with van der Waals surface area (Å²) in [5, 5.41) is 0. The van der Waals surface area contributed by atoms with Crippen molar-refractivity contribution in [1.82, 2.24) is 0 Å². The summed E-state index contributed by atoms with van der Waals surface area (Å²) in [5.41, 5.74) is 6.07. The first kappa shape index (κ1) is 11.9. The number of nitrogens with two attached hydrogens (primary N) is 1. The number of amidine groups is 1. The highest BCUT2D eigenvalue weighted by atomic mass is 14.9. The Morgan fingerprint density at radius 2 is 1.69 bits per heavy atom. The van der Waals surface area contributed by atoms with Gasteiger partial charge in [-0.2, -0.15) is 0 Å². The number of aliphatic imine (C=N–C) groups is 1. The molecule has 0 heterocycles. The van der Waals surface area contributed by atoms with Crippen LogP contribution in [0, 0.1) is 17.8 Å². The zero-order valence-corrected chi connectivity index (χ0v) is 10.6. The Morgan fingerprint density at radius 3 is 2.31 bits per heavy atom. The predicted octanol–water partition coefficient (Wildman–Crippen LogP) is 3.36. The molecule has 0 atom stereocenters. The fourth-order valence-electron chi connectivity index (χ4n) is 3.10. The maximum atomic E-state index is 6.07. The van der Waals surface area contributed by atoms with Gasteiger partial charge in [0.15, 0.2) is 0 Å². The quantitative estimate of drug-likeness (QED) is 0.577. The maximum absolute atomic E-state index is 6.07. The van der Waals surface area contributed by atoms with E-state index < -0.39 is 0 Å². The lowest BCUT2D eigenvalue weighted by Crippen LogP contribution is -2.23. The fourth-order valence-corrected chi connectivity index (χ4v) is 3.10. The van der Waals surface area contributed by atoms with Gasteiger partial charge in [0.05, 0.1) is 5.84 Å². The molecule has 0 unspecified atom stereocenters.